The Morgan fingerprint density at radius 1 is 1.15 bits per heavy atom. The molecule has 7 nitrogen and oxygen atoms in total. The fourth-order valence-corrected chi connectivity index (χ4v) is 4.90. The summed E-state index contributed by atoms with van der Waals surface area (Å²) in [5.41, 5.74) is 1.66. The minimum Gasteiger partial charge on any atom is -0.481 e. The molecule has 0 amide bonds. The predicted octanol–water partition coefficient (Wildman–Crippen LogP) is 4.78. The minimum absolute atomic E-state index is 0.170. The Bertz CT molecular complexity index is 1130. The van der Waals surface area contributed by atoms with Gasteiger partial charge in [0.25, 0.3) is 0 Å². The Hall–Kier alpha value is -3.00. The number of hydrogen-bond donors (Lipinski definition) is 2. The molecular formula is C25H29FN4O3. The van der Waals surface area contributed by atoms with Crippen molar-refractivity contribution in [3.05, 3.63) is 42.3 Å². The summed E-state index contributed by atoms with van der Waals surface area (Å²) in [6, 6.07) is 8.50. The van der Waals surface area contributed by atoms with Gasteiger partial charge < -0.3 is 19.7 Å². The molecule has 1 aliphatic heterocycles. The van der Waals surface area contributed by atoms with Crippen molar-refractivity contribution < 1.29 is 19.0 Å². The zero-order valence-corrected chi connectivity index (χ0v) is 18.8. The van der Waals surface area contributed by atoms with Crippen LogP contribution in [0, 0.1) is 11.2 Å². The van der Waals surface area contributed by atoms with Gasteiger partial charge in [0.15, 0.2) is 0 Å². The molecule has 2 fully saturated rings. The number of nitrogens with zero attached hydrogens (tertiary/aromatic N) is 3. The van der Waals surface area contributed by atoms with Crippen LogP contribution in [0.5, 0.6) is 0 Å². The Morgan fingerprint density at radius 3 is 2.55 bits per heavy atom. The molecule has 1 saturated heterocycles. The lowest BCUT2D eigenvalue weighted by atomic mass is 9.75. The number of hydrogen-bond acceptors (Lipinski definition) is 5. The van der Waals surface area contributed by atoms with E-state index < -0.39 is 11.4 Å². The van der Waals surface area contributed by atoms with Gasteiger partial charge in [-0.3, -0.25) is 4.79 Å². The van der Waals surface area contributed by atoms with Crippen molar-refractivity contribution in [1.29, 1.82) is 0 Å². The van der Waals surface area contributed by atoms with Crippen molar-refractivity contribution in [2.45, 2.75) is 57.7 Å². The number of ether oxygens (including phenoxy) is 1. The number of benzene rings is 1. The van der Waals surface area contributed by atoms with Gasteiger partial charge in [-0.05, 0) is 75.8 Å². The van der Waals surface area contributed by atoms with Crippen LogP contribution in [0.3, 0.4) is 0 Å². The second-order valence-electron chi connectivity index (χ2n) is 9.54. The summed E-state index contributed by atoms with van der Waals surface area (Å²) < 4.78 is 19.8. The number of halogens is 1. The molecule has 0 atom stereocenters. The molecule has 8 heteroatoms. The Kier molecular flexibility index (Phi) is 5.78. The molecule has 0 spiro atoms. The van der Waals surface area contributed by atoms with Crippen LogP contribution in [-0.2, 0) is 9.53 Å². The topological polar surface area (TPSA) is 91.3 Å². The quantitative estimate of drug-likeness (QED) is 0.579. The smallest absolute Gasteiger partial charge is 0.309 e. The van der Waals surface area contributed by atoms with Crippen LogP contribution in [0.2, 0.25) is 0 Å². The van der Waals surface area contributed by atoms with E-state index in [2.05, 4.69) is 19.9 Å². The van der Waals surface area contributed by atoms with E-state index in [1.165, 1.54) is 12.1 Å². The summed E-state index contributed by atoms with van der Waals surface area (Å²) in [5.74, 6) is 0.616. The monoisotopic (exact) mass is 452 g/mol. The first-order chi connectivity index (χ1) is 15.9. The fraction of sp³-hybridized carbons (Fsp3) is 0.480. The summed E-state index contributed by atoms with van der Waals surface area (Å²) in [6.45, 7) is 3.59. The third kappa shape index (κ3) is 4.57. The first-order valence-electron chi connectivity index (χ1n) is 11.7. The number of fused-ring (bicyclic) bond motifs is 1. The number of pyridine rings is 1. The summed E-state index contributed by atoms with van der Waals surface area (Å²) in [7, 11) is 0. The zero-order chi connectivity index (χ0) is 23.0. The van der Waals surface area contributed by atoms with E-state index in [-0.39, 0.29) is 18.0 Å². The van der Waals surface area contributed by atoms with E-state index in [0.29, 0.717) is 24.2 Å². The summed E-state index contributed by atoms with van der Waals surface area (Å²) in [6.07, 6.45) is 7.06. The van der Waals surface area contributed by atoms with Crippen LogP contribution >= 0.6 is 0 Å². The van der Waals surface area contributed by atoms with Gasteiger partial charge in [-0.15, -0.1) is 0 Å². The van der Waals surface area contributed by atoms with Gasteiger partial charge in [-0.1, -0.05) is 0 Å². The molecule has 5 rings (SSSR count). The number of nitrogens with one attached hydrogen (secondary N) is 1. The molecule has 3 heterocycles. The highest BCUT2D eigenvalue weighted by Gasteiger charge is 2.38. The molecule has 33 heavy (non-hydrogen) atoms. The van der Waals surface area contributed by atoms with E-state index in [1.807, 2.05) is 19.1 Å². The molecule has 1 saturated carbocycles. The summed E-state index contributed by atoms with van der Waals surface area (Å²) >= 11 is 0. The van der Waals surface area contributed by atoms with Crippen molar-refractivity contribution >= 4 is 22.8 Å². The first kappa shape index (κ1) is 21.8. The van der Waals surface area contributed by atoms with E-state index >= 15 is 0 Å². The Labute approximate surface area is 192 Å². The number of imidazole rings is 1. The molecule has 0 unspecified atom stereocenters. The van der Waals surface area contributed by atoms with Gasteiger partial charge in [0.05, 0.1) is 28.7 Å². The van der Waals surface area contributed by atoms with Crippen molar-refractivity contribution in [3.8, 4) is 11.4 Å². The Balaban J connectivity index is 1.15. The van der Waals surface area contributed by atoms with E-state index in [1.54, 1.807) is 12.3 Å². The highest BCUT2D eigenvalue weighted by atomic mass is 19.1. The maximum Gasteiger partial charge on any atom is 0.309 e. The second kappa shape index (κ2) is 8.74. The van der Waals surface area contributed by atoms with Gasteiger partial charge in [0, 0.05) is 24.8 Å². The number of carbonyl (C=O) groups is 1. The van der Waals surface area contributed by atoms with E-state index in [0.717, 1.165) is 55.7 Å². The normalized spacial score (nSPS) is 24.3. The number of piperidine rings is 1. The van der Waals surface area contributed by atoms with Crippen LogP contribution in [0.4, 0.5) is 10.2 Å². The minimum atomic E-state index is -0.693. The third-order valence-corrected chi connectivity index (χ3v) is 7.17. The summed E-state index contributed by atoms with van der Waals surface area (Å²) in [4.78, 5) is 26.0. The van der Waals surface area contributed by atoms with Crippen molar-refractivity contribution in [2.75, 3.05) is 18.0 Å². The molecule has 3 aromatic rings. The molecule has 2 N–H and O–H groups in total. The predicted molar refractivity (Wildman–Crippen MR) is 124 cm³/mol. The molecular weight excluding hydrogens is 423 g/mol. The number of aromatic nitrogens is 3. The van der Waals surface area contributed by atoms with Crippen LogP contribution in [0.15, 0.2) is 36.5 Å². The van der Waals surface area contributed by atoms with Crippen LogP contribution in [0.25, 0.3) is 22.4 Å². The first-order valence-corrected chi connectivity index (χ1v) is 11.7. The third-order valence-electron chi connectivity index (χ3n) is 7.17. The van der Waals surface area contributed by atoms with Gasteiger partial charge >= 0.3 is 5.97 Å². The van der Waals surface area contributed by atoms with Gasteiger partial charge in [0.1, 0.15) is 17.5 Å². The number of carboxylic acid groups (broad SMARTS) is 1. The van der Waals surface area contributed by atoms with Crippen molar-refractivity contribution in [1.82, 2.24) is 15.0 Å². The van der Waals surface area contributed by atoms with Crippen molar-refractivity contribution in [3.63, 3.8) is 0 Å². The van der Waals surface area contributed by atoms with E-state index in [9.17, 15) is 14.3 Å². The number of carboxylic acids is 1. The van der Waals surface area contributed by atoms with Crippen LogP contribution in [-0.4, -0.2) is 51.3 Å². The second-order valence-corrected chi connectivity index (χ2v) is 9.54. The zero-order valence-electron chi connectivity index (χ0n) is 18.8. The Morgan fingerprint density at radius 2 is 1.88 bits per heavy atom. The molecule has 1 aromatic carbocycles. The van der Waals surface area contributed by atoms with Gasteiger partial charge in [0.2, 0.25) is 0 Å². The molecule has 174 valence electrons. The highest BCUT2D eigenvalue weighted by Crippen LogP contribution is 2.38. The van der Waals surface area contributed by atoms with Crippen LogP contribution < -0.4 is 4.90 Å². The van der Waals surface area contributed by atoms with Crippen LogP contribution in [0.1, 0.15) is 45.4 Å². The standard InChI is InChI=1S/C25H29FN4O3/c1-25(24(31)32)10-6-18(7-11-25)33-19-8-12-30(13-9-19)22-5-2-16(15-27-22)23-28-20-4-3-17(26)14-21(20)29-23/h2-5,14-15,18-19H,6-13H2,1H3,(H,28,29)(H,31,32). The highest BCUT2D eigenvalue weighted by molar-refractivity contribution is 5.79. The average Bonchev–Trinajstić information content (AvgIpc) is 3.24. The lowest BCUT2D eigenvalue weighted by Crippen LogP contribution is -2.41. The number of rotatable bonds is 5. The molecule has 0 bridgehead atoms. The van der Waals surface area contributed by atoms with Gasteiger partial charge in [-0.2, -0.15) is 0 Å². The number of anilines is 1. The lowest BCUT2D eigenvalue weighted by molar-refractivity contribution is -0.152. The molecule has 1 aliphatic carbocycles. The SMILES string of the molecule is CC1(C(=O)O)CCC(OC2CCN(c3ccc(-c4nc5ccc(F)cc5[nH]4)cn3)CC2)CC1. The largest absolute Gasteiger partial charge is 0.481 e. The maximum absolute atomic E-state index is 13.4. The van der Waals surface area contributed by atoms with E-state index in [4.69, 9.17) is 4.74 Å². The molecule has 2 aromatic heterocycles. The summed E-state index contributed by atoms with van der Waals surface area (Å²) in [5, 5.41) is 9.40. The van der Waals surface area contributed by atoms with Crippen molar-refractivity contribution in [2.24, 2.45) is 5.41 Å². The number of H-pyrrole nitrogens is 1. The molecule has 2 aliphatic rings. The van der Waals surface area contributed by atoms with Gasteiger partial charge in [-0.25, -0.2) is 14.4 Å². The maximum atomic E-state index is 13.4. The fourth-order valence-electron chi connectivity index (χ4n) is 4.90. The molecule has 0 radical (unpaired) electrons. The number of aliphatic carboxylic acids is 1. The number of aromatic amines is 1. The lowest BCUT2D eigenvalue weighted by Gasteiger charge is -2.38. The average molecular weight is 453 g/mol.